The van der Waals surface area contributed by atoms with E-state index in [0.717, 1.165) is 80.8 Å². The minimum atomic E-state index is -0.0717. The maximum Gasteiger partial charge on any atom is 0.320 e. The van der Waals surface area contributed by atoms with E-state index >= 15 is 0 Å². The van der Waals surface area contributed by atoms with Gasteiger partial charge in [0.1, 0.15) is 6.10 Å². The first-order valence-corrected chi connectivity index (χ1v) is 17.0. The molecule has 3 saturated carbocycles. The molecule has 0 heterocycles. The Kier molecular flexibility index (Phi) is 11.0. The van der Waals surface area contributed by atoms with E-state index in [9.17, 15) is 4.79 Å². The van der Waals surface area contributed by atoms with E-state index in [0.29, 0.717) is 17.4 Å². The van der Waals surface area contributed by atoms with Crippen molar-refractivity contribution in [3.63, 3.8) is 0 Å². The number of allylic oxidation sites excluding steroid dienone is 1. The Bertz CT molecular complexity index is 823. The molecule has 0 radical (unpaired) electrons. The number of unbranched alkanes of at least 4 members (excludes halogenated alkanes) is 1. The fourth-order valence-electron chi connectivity index (χ4n) is 9.85. The number of hydrogen-bond acceptors (Lipinski definition) is 4. The Morgan fingerprint density at radius 1 is 0.974 bits per heavy atom. The predicted molar refractivity (Wildman–Crippen MR) is 164 cm³/mol. The molecular weight excluding hydrogens is 480 g/mol. The molecule has 0 amide bonds. The highest BCUT2D eigenvalue weighted by Gasteiger charge is 2.59. The standard InChI is InChI=1S/C35H62N2O2/c1-7-36-21-8-9-22-37-24-33(38)39-28-17-19-34(5)27(23-28)13-14-29-31-16-15-30(26(4)12-10-11-25(2)3)35(31,6)20-18-32(29)34/h13,25-26,28-32,36-37H,7-12,14-24H2,1-6H3/t26-,28+,29+,30-,31+,32+,34+,35-/m1/s1. The van der Waals surface area contributed by atoms with Crippen LogP contribution in [0.1, 0.15) is 125 Å². The molecule has 4 aliphatic rings. The molecule has 4 nitrogen and oxygen atoms in total. The number of rotatable bonds is 14. The van der Waals surface area contributed by atoms with Crippen LogP contribution in [0.2, 0.25) is 0 Å². The summed E-state index contributed by atoms with van der Waals surface area (Å²) in [6.45, 7) is 18.0. The van der Waals surface area contributed by atoms with Crippen LogP contribution in [0.15, 0.2) is 11.6 Å². The summed E-state index contributed by atoms with van der Waals surface area (Å²) in [5.41, 5.74) is 2.48. The molecule has 0 unspecified atom stereocenters. The van der Waals surface area contributed by atoms with Crippen molar-refractivity contribution in [1.82, 2.24) is 10.6 Å². The van der Waals surface area contributed by atoms with Crippen molar-refractivity contribution < 1.29 is 9.53 Å². The van der Waals surface area contributed by atoms with E-state index < -0.39 is 0 Å². The Labute approximate surface area is 241 Å². The third kappa shape index (κ3) is 7.14. The van der Waals surface area contributed by atoms with Gasteiger partial charge in [-0.3, -0.25) is 4.79 Å². The maximum atomic E-state index is 12.5. The van der Waals surface area contributed by atoms with Gasteiger partial charge in [0, 0.05) is 6.42 Å². The number of ether oxygens (including phenoxy) is 1. The second-order valence-corrected chi connectivity index (χ2v) is 14.9. The Balaban J connectivity index is 1.29. The molecule has 2 N–H and O–H groups in total. The maximum absolute atomic E-state index is 12.5. The Morgan fingerprint density at radius 3 is 2.49 bits per heavy atom. The molecular formula is C35H62N2O2. The minimum Gasteiger partial charge on any atom is -0.461 e. The highest BCUT2D eigenvalue weighted by molar-refractivity contribution is 5.71. The van der Waals surface area contributed by atoms with E-state index in [1.807, 2.05) is 0 Å². The molecule has 0 aromatic carbocycles. The molecule has 39 heavy (non-hydrogen) atoms. The molecule has 0 aliphatic heterocycles. The number of carbonyl (C=O) groups is 1. The second-order valence-electron chi connectivity index (χ2n) is 14.9. The van der Waals surface area contributed by atoms with Gasteiger partial charge in [-0.15, -0.1) is 0 Å². The van der Waals surface area contributed by atoms with Crippen LogP contribution in [0.5, 0.6) is 0 Å². The van der Waals surface area contributed by atoms with Crippen LogP contribution in [0.4, 0.5) is 0 Å². The molecule has 0 bridgehead atoms. The molecule has 0 aromatic heterocycles. The van der Waals surface area contributed by atoms with Crippen LogP contribution in [0.3, 0.4) is 0 Å². The highest BCUT2D eigenvalue weighted by atomic mass is 16.5. The van der Waals surface area contributed by atoms with Crippen LogP contribution in [0.25, 0.3) is 0 Å². The molecule has 0 aromatic rings. The van der Waals surface area contributed by atoms with E-state index in [4.69, 9.17) is 4.74 Å². The monoisotopic (exact) mass is 542 g/mol. The largest absolute Gasteiger partial charge is 0.461 e. The summed E-state index contributed by atoms with van der Waals surface area (Å²) in [7, 11) is 0. The SMILES string of the molecule is CCNCCCCNCC(=O)O[C@H]1CC[C@@]2(C)C(=CC[C@H]3[C@@H]4CC[C@H]([C@H](C)CCCC(C)C)[C@@]4(C)CC[C@@H]32)C1. The fraction of sp³-hybridized carbons (Fsp3) is 0.914. The first-order valence-electron chi connectivity index (χ1n) is 17.0. The third-order valence-corrected chi connectivity index (χ3v) is 12.0. The van der Waals surface area contributed by atoms with Crippen LogP contribution in [-0.2, 0) is 9.53 Å². The molecule has 3 fully saturated rings. The van der Waals surface area contributed by atoms with Crippen molar-refractivity contribution in [3.05, 3.63) is 11.6 Å². The lowest BCUT2D eigenvalue weighted by molar-refractivity contribution is -0.150. The third-order valence-electron chi connectivity index (χ3n) is 12.0. The average molecular weight is 543 g/mol. The van der Waals surface area contributed by atoms with Gasteiger partial charge in [0.2, 0.25) is 0 Å². The molecule has 4 rings (SSSR count). The van der Waals surface area contributed by atoms with Gasteiger partial charge in [-0.2, -0.15) is 0 Å². The first kappa shape index (κ1) is 31.1. The van der Waals surface area contributed by atoms with E-state index in [1.54, 1.807) is 5.57 Å². The fourth-order valence-corrected chi connectivity index (χ4v) is 9.85. The molecule has 0 saturated heterocycles. The Hall–Kier alpha value is -0.870. The van der Waals surface area contributed by atoms with Gasteiger partial charge in [-0.25, -0.2) is 0 Å². The summed E-state index contributed by atoms with van der Waals surface area (Å²) in [4.78, 5) is 12.5. The predicted octanol–water partition coefficient (Wildman–Crippen LogP) is 7.92. The van der Waals surface area contributed by atoms with Crippen molar-refractivity contribution in [2.45, 2.75) is 131 Å². The number of hydrogen-bond donors (Lipinski definition) is 2. The van der Waals surface area contributed by atoms with Gasteiger partial charge in [0.15, 0.2) is 0 Å². The van der Waals surface area contributed by atoms with E-state index in [1.165, 1.54) is 57.8 Å². The van der Waals surface area contributed by atoms with Crippen LogP contribution < -0.4 is 10.6 Å². The van der Waals surface area contributed by atoms with Crippen molar-refractivity contribution in [2.24, 2.45) is 46.3 Å². The summed E-state index contributed by atoms with van der Waals surface area (Å²) < 4.78 is 5.98. The lowest BCUT2D eigenvalue weighted by Gasteiger charge is -2.58. The first-order chi connectivity index (χ1) is 18.7. The zero-order valence-corrected chi connectivity index (χ0v) is 26.5. The Morgan fingerprint density at radius 2 is 1.74 bits per heavy atom. The van der Waals surface area contributed by atoms with Crippen LogP contribution in [-0.4, -0.2) is 38.3 Å². The minimum absolute atomic E-state index is 0.0698. The van der Waals surface area contributed by atoms with Crippen molar-refractivity contribution in [2.75, 3.05) is 26.2 Å². The molecule has 4 heteroatoms. The average Bonchev–Trinajstić information content (AvgIpc) is 3.25. The summed E-state index contributed by atoms with van der Waals surface area (Å²) in [6.07, 6.45) is 19.3. The molecule has 8 atom stereocenters. The lowest BCUT2D eigenvalue weighted by atomic mass is 9.47. The van der Waals surface area contributed by atoms with Gasteiger partial charge in [-0.1, -0.05) is 72.5 Å². The van der Waals surface area contributed by atoms with Gasteiger partial charge in [0.25, 0.3) is 0 Å². The van der Waals surface area contributed by atoms with Gasteiger partial charge >= 0.3 is 5.97 Å². The van der Waals surface area contributed by atoms with Crippen molar-refractivity contribution in [3.8, 4) is 0 Å². The zero-order valence-electron chi connectivity index (χ0n) is 26.5. The van der Waals surface area contributed by atoms with E-state index in [2.05, 4.69) is 58.3 Å². The van der Waals surface area contributed by atoms with Gasteiger partial charge in [0.05, 0.1) is 6.54 Å². The van der Waals surface area contributed by atoms with Gasteiger partial charge in [-0.05, 0) is 124 Å². The molecule has 0 spiro atoms. The van der Waals surface area contributed by atoms with E-state index in [-0.39, 0.29) is 12.1 Å². The van der Waals surface area contributed by atoms with Crippen LogP contribution in [0, 0.1) is 46.3 Å². The second kappa shape index (κ2) is 13.9. The quantitative estimate of drug-likeness (QED) is 0.133. The number of esters is 1. The number of nitrogens with one attached hydrogen (secondary N) is 2. The summed E-state index contributed by atoms with van der Waals surface area (Å²) in [5, 5.41) is 6.64. The summed E-state index contributed by atoms with van der Waals surface area (Å²) in [5.74, 6) is 5.15. The normalized spacial score (nSPS) is 36.6. The highest BCUT2D eigenvalue weighted by Crippen LogP contribution is 2.67. The number of carbonyl (C=O) groups excluding carboxylic acids is 1. The zero-order chi connectivity index (χ0) is 28.0. The van der Waals surface area contributed by atoms with Crippen molar-refractivity contribution in [1.29, 1.82) is 0 Å². The van der Waals surface area contributed by atoms with Crippen molar-refractivity contribution >= 4 is 5.97 Å². The summed E-state index contributed by atoms with van der Waals surface area (Å²) >= 11 is 0. The van der Waals surface area contributed by atoms with Gasteiger partial charge < -0.3 is 15.4 Å². The smallest absolute Gasteiger partial charge is 0.320 e. The topological polar surface area (TPSA) is 50.4 Å². The number of fused-ring (bicyclic) bond motifs is 5. The summed E-state index contributed by atoms with van der Waals surface area (Å²) in [6, 6.07) is 0. The van der Waals surface area contributed by atoms with Crippen LogP contribution >= 0.6 is 0 Å². The molecule has 4 aliphatic carbocycles. The molecule has 224 valence electrons. The lowest BCUT2D eigenvalue weighted by Crippen LogP contribution is -2.51.